The maximum Gasteiger partial charge on any atom is 0.254 e. The molecule has 0 aromatic heterocycles. The highest BCUT2D eigenvalue weighted by Gasteiger charge is 2.67. The summed E-state index contributed by atoms with van der Waals surface area (Å²) in [7, 11) is 3.95. The molecule has 1 saturated heterocycles. The Morgan fingerprint density at radius 1 is 1.12 bits per heavy atom. The number of hydrazone groups is 1. The maximum absolute atomic E-state index is 12.9. The van der Waals surface area contributed by atoms with E-state index in [4.69, 9.17) is 0 Å². The van der Waals surface area contributed by atoms with Gasteiger partial charge in [0.2, 0.25) is 0 Å². The lowest BCUT2D eigenvalue weighted by Gasteiger charge is -2.37. The Labute approximate surface area is 160 Å². The molecule has 5 aliphatic rings. The largest absolute Gasteiger partial charge is 0.377 e. The zero-order valence-electron chi connectivity index (χ0n) is 14.7. The van der Waals surface area contributed by atoms with Gasteiger partial charge in [-0.25, -0.2) is 0 Å². The normalized spacial score (nSPS) is 36.7. The van der Waals surface area contributed by atoms with Gasteiger partial charge in [-0.15, -0.1) is 0 Å². The van der Waals surface area contributed by atoms with Crippen LogP contribution < -0.4 is 4.90 Å². The molecule has 6 rings (SSSR count). The lowest BCUT2D eigenvalue weighted by molar-refractivity contribution is -0.140. The van der Waals surface area contributed by atoms with Crippen molar-refractivity contribution in [3.63, 3.8) is 0 Å². The predicted octanol–water partition coefficient (Wildman–Crippen LogP) is 2.90. The van der Waals surface area contributed by atoms with Crippen LogP contribution in [0.2, 0.25) is 0 Å². The molecular formula is C20H20BrN3O2. The second-order valence-corrected chi connectivity index (χ2v) is 8.85. The van der Waals surface area contributed by atoms with Gasteiger partial charge in [0, 0.05) is 18.6 Å². The summed E-state index contributed by atoms with van der Waals surface area (Å²) in [5.41, 5.74) is 1.91. The van der Waals surface area contributed by atoms with Gasteiger partial charge < -0.3 is 4.90 Å². The van der Waals surface area contributed by atoms with E-state index in [0.717, 1.165) is 20.7 Å². The molecule has 26 heavy (non-hydrogen) atoms. The van der Waals surface area contributed by atoms with Crippen LogP contribution in [-0.2, 0) is 9.59 Å². The third-order valence-corrected chi connectivity index (χ3v) is 7.05. The van der Waals surface area contributed by atoms with Crippen molar-refractivity contribution in [2.75, 3.05) is 19.0 Å². The molecule has 0 spiro atoms. The quantitative estimate of drug-likeness (QED) is 0.434. The fourth-order valence-corrected chi connectivity index (χ4v) is 5.90. The average molecular weight is 414 g/mol. The molecular weight excluding hydrogens is 394 g/mol. The molecule has 2 amide bonds. The summed E-state index contributed by atoms with van der Waals surface area (Å²) in [6.07, 6.45) is 7.13. The first-order valence-electron chi connectivity index (χ1n) is 9.04. The zero-order valence-corrected chi connectivity index (χ0v) is 16.3. The van der Waals surface area contributed by atoms with Crippen LogP contribution in [0, 0.1) is 35.5 Å². The first-order chi connectivity index (χ1) is 12.5. The Balaban J connectivity index is 1.40. The van der Waals surface area contributed by atoms with Crippen molar-refractivity contribution in [2.45, 2.75) is 6.42 Å². The molecule has 2 bridgehead atoms. The van der Waals surface area contributed by atoms with Gasteiger partial charge in [0.25, 0.3) is 11.8 Å². The van der Waals surface area contributed by atoms with Gasteiger partial charge in [0.15, 0.2) is 0 Å². The summed E-state index contributed by atoms with van der Waals surface area (Å²) in [6, 6.07) is 5.86. The monoisotopic (exact) mass is 413 g/mol. The van der Waals surface area contributed by atoms with Crippen LogP contribution >= 0.6 is 15.9 Å². The van der Waals surface area contributed by atoms with Gasteiger partial charge in [-0.3, -0.25) is 9.59 Å². The third kappa shape index (κ3) is 2.17. The molecule has 0 N–H and O–H groups in total. The van der Waals surface area contributed by atoms with Crippen LogP contribution in [0.3, 0.4) is 0 Å². The van der Waals surface area contributed by atoms with Crippen molar-refractivity contribution in [1.29, 1.82) is 0 Å². The lowest BCUT2D eigenvalue weighted by Crippen LogP contribution is -2.40. The number of rotatable bonds is 3. The minimum atomic E-state index is -0.193. The number of hydrogen-bond acceptors (Lipinski definition) is 4. The standard InChI is InChI=1S/C20H20BrN3O2/c1-23(2)16-6-3-10(7-15(16)21)9-22-24-19(25)17-11-4-5-12(14-8-13(11)14)18(17)20(24)26/h3-7,9,11-14,17-18H,8H2,1-2H3/b22-9-/t11-,12+,13-,14-,17+,18-/m1/s1. The van der Waals surface area contributed by atoms with E-state index in [1.165, 1.54) is 6.42 Å². The molecule has 0 unspecified atom stereocenters. The highest BCUT2D eigenvalue weighted by Crippen LogP contribution is 2.65. The second kappa shape index (κ2) is 5.52. The first kappa shape index (κ1) is 16.2. The summed E-state index contributed by atoms with van der Waals surface area (Å²) in [5.74, 6) is 1.07. The topological polar surface area (TPSA) is 53.0 Å². The van der Waals surface area contributed by atoms with Crippen molar-refractivity contribution in [2.24, 2.45) is 40.6 Å². The summed E-state index contributed by atoms with van der Waals surface area (Å²) in [4.78, 5) is 27.8. The number of hydrogen-bond donors (Lipinski definition) is 0. The van der Waals surface area contributed by atoms with Gasteiger partial charge in [-0.2, -0.15) is 10.1 Å². The van der Waals surface area contributed by atoms with E-state index in [0.29, 0.717) is 11.8 Å². The van der Waals surface area contributed by atoms with Crippen molar-refractivity contribution in [1.82, 2.24) is 5.01 Å². The van der Waals surface area contributed by atoms with Crippen molar-refractivity contribution in [3.05, 3.63) is 40.4 Å². The molecule has 134 valence electrons. The van der Waals surface area contributed by atoms with Gasteiger partial charge >= 0.3 is 0 Å². The number of anilines is 1. The van der Waals surface area contributed by atoms with Crippen molar-refractivity contribution < 1.29 is 9.59 Å². The third-order valence-electron chi connectivity index (χ3n) is 6.42. The highest BCUT2D eigenvalue weighted by atomic mass is 79.9. The van der Waals surface area contributed by atoms with Crippen molar-refractivity contribution in [3.8, 4) is 0 Å². The first-order valence-corrected chi connectivity index (χ1v) is 9.83. The molecule has 4 aliphatic carbocycles. The number of carbonyl (C=O) groups is 2. The van der Waals surface area contributed by atoms with Crippen molar-refractivity contribution >= 4 is 39.6 Å². The van der Waals surface area contributed by atoms with Crippen LogP contribution in [0.25, 0.3) is 0 Å². The Bertz CT molecular complexity index is 842. The average Bonchev–Trinajstić information content (AvgIpc) is 3.39. The Kier molecular flexibility index (Phi) is 3.45. The second-order valence-electron chi connectivity index (χ2n) is 7.99. The van der Waals surface area contributed by atoms with Gasteiger partial charge in [0.1, 0.15) is 0 Å². The van der Waals surface area contributed by atoms with Crippen LogP contribution in [0.4, 0.5) is 5.69 Å². The van der Waals surface area contributed by atoms with Crippen LogP contribution in [0.5, 0.6) is 0 Å². The molecule has 1 aliphatic heterocycles. The van der Waals surface area contributed by atoms with Crippen LogP contribution in [0.1, 0.15) is 12.0 Å². The number of halogens is 1. The smallest absolute Gasteiger partial charge is 0.254 e. The number of nitrogens with zero attached hydrogens (tertiary/aromatic N) is 3. The van der Waals surface area contributed by atoms with E-state index in [1.54, 1.807) is 6.21 Å². The van der Waals surface area contributed by atoms with E-state index in [2.05, 4.69) is 33.2 Å². The molecule has 0 radical (unpaired) electrons. The Morgan fingerprint density at radius 3 is 2.27 bits per heavy atom. The van der Waals surface area contributed by atoms with E-state index in [1.807, 2.05) is 37.2 Å². The molecule has 1 aromatic rings. The predicted molar refractivity (Wildman–Crippen MR) is 103 cm³/mol. The number of carbonyl (C=O) groups excluding carboxylic acids is 2. The molecule has 1 aromatic carbocycles. The molecule has 1 heterocycles. The van der Waals surface area contributed by atoms with E-state index in [9.17, 15) is 9.59 Å². The van der Waals surface area contributed by atoms with E-state index < -0.39 is 0 Å². The molecule has 6 heteroatoms. The number of imide groups is 1. The summed E-state index contributed by atoms with van der Waals surface area (Å²) >= 11 is 3.55. The summed E-state index contributed by atoms with van der Waals surface area (Å²) < 4.78 is 0.946. The number of benzene rings is 1. The fourth-order valence-electron chi connectivity index (χ4n) is 5.15. The Morgan fingerprint density at radius 2 is 1.73 bits per heavy atom. The molecule has 6 atom stereocenters. The lowest BCUT2D eigenvalue weighted by atomic mass is 9.63. The fraction of sp³-hybridized carbons (Fsp3) is 0.450. The molecule has 5 nitrogen and oxygen atoms in total. The number of allylic oxidation sites excluding steroid dienone is 2. The Hall–Kier alpha value is -1.95. The summed E-state index contributed by atoms with van der Waals surface area (Å²) in [5, 5.41) is 5.40. The summed E-state index contributed by atoms with van der Waals surface area (Å²) in [6.45, 7) is 0. The zero-order chi connectivity index (χ0) is 18.2. The highest BCUT2D eigenvalue weighted by molar-refractivity contribution is 9.10. The van der Waals surface area contributed by atoms with Crippen LogP contribution in [0.15, 0.2) is 39.9 Å². The molecule has 2 saturated carbocycles. The van der Waals surface area contributed by atoms with E-state index in [-0.39, 0.29) is 35.5 Å². The molecule has 3 fully saturated rings. The van der Waals surface area contributed by atoms with Gasteiger partial charge in [-0.1, -0.05) is 18.2 Å². The van der Waals surface area contributed by atoms with E-state index >= 15 is 0 Å². The minimum Gasteiger partial charge on any atom is -0.377 e. The SMILES string of the molecule is CN(C)c1ccc(/C=N\N2C(=O)[C@@H]3[C@H]4C=C[C@H]([C@H]5C[C@H]45)[C@@H]3C2=O)cc1Br. The number of amides is 2. The van der Waals surface area contributed by atoms with Gasteiger partial charge in [-0.05, 0) is 63.7 Å². The maximum atomic E-state index is 12.9. The minimum absolute atomic E-state index is 0.120. The van der Waals surface area contributed by atoms with Gasteiger partial charge in [0.05, 0.1) is 23.7 Å². The van der Waals surface area contributed by atoms with Crippen LogP contribution in [-0.4, -0.2) is 37.1 Å².